The summed E-state index contributed by atoms with van der Waals surface area (Å²) in [5.74, 6) is -2.64. The van der Waals surface area contributed by atoms with Gasteiger partial charge in [0.05, 0.1) is 25.3 Å². The van der Waals surface area contributed by atoms with Crippen molar-refractivity contribution >= 4 is 5.91 Å². The van der Waals surface area contributed by atoms with E-state index >= 15 is 0 Å². The Balaban J connectivity index is 1.46. The van der Waals surface area contributed by atoms with Gasteiger partial charge in [0.1, 0.15) is 12.4 Å². The number of hydrogen-bond donors (Lipinski definition) is 2. The highest BCUT2D eigenvalue weighted by Crippen LogP contribution is 2.25. The van der Waals surface area contributed by atoms with Gasteiger partial charge in [-0.15, -0.1) is 0 Å². The third-order valence-corrected chi connectivity index (χ3v) is 3.90. The van der Waals surface area contributed by atoms with Crippen molar-refractivity contribution in [3.05, 3.63) is 36.7 Å². The van der Waals surface area contributed by atoms with E-state index in [-0.39, 0.29) is 13.2 Å². The fourth-order valence-corrected chi connectivity index (χ4v) is 2.64. The molecule has 1 radical (unpaired) electrons. The Morgan fingerprint density at radius 2 is 2.36 bits per heavy atom. The first-order valence-electron chi connectivity index (χ1n) is 7.95. The Kier molecular flexibility index (Phi) is 4.98. The van der Waals surface area contributed by atoms with Crippen LogP contribution in [0.3, 0.4) is 0 Å². The van der Waals surface area contributed by atoms with Crippen LogP contribution < -0.4 is 15.4 Å². The summed E-state index contributed by atoms with van der Waals surface area (Å²) in [6.45, 7) is 0.0114. The van der Waals surface area contributed by atoms with Gasteiger partial charge in [0, 0.05) is 25.2 Å². The van der Waals surface area contributed by atoms with Crippen LogP contribution in [0.4, 0.5) is 8.78 Å². The number of nitrogens with zero attached hydrogens (tertiary/aromatic N) is 2. The first-order chi connectivity index (χ1) is 11.9. The van der Waals surface area contributed by atoms with E-state index in [1.807, 2.05) is 25.4 Å². The van der Waals surface area contributed by atoms with Crippen molar-refractivity contribution in [3.63, 3.8) is 0 Å². The number of benzene rings is 1. The molecule has 6 nitrogen and oxygen atoms in total. The number of amides is 1. The van der Waals surface area contributed by atoms with Gasteiger partial charge in [-0.05, 0) is 29.8 Å². The Labute approximate surface area is 144 Å². The predicted octanol–water partition coefficient (Wildman–Crippen LogP) is 1.38. The summed E-state index contributed by atoms with van der Waals surface area (Å²) in [6, 6.07) is 7.53. The van der Waals surface area contributed by atoms with Gasteiger partial charge >= 0.3 is 0 Å². The number of nitrogens with one attached hydrogen (secondary N) is 2. The van der Waals surface area contributed by atoms with Gasteiger partial charge in [-0.2, -0.15) is 5.10 Å². The van der Waals surface area contributed by atoms with E-state index < -0.39 is 30.8 Å². The lowest BCUT2D eigenvalue weighted by Gasteiger charge is -2.12. The first-order valence-corrected chi connectivity index (χ1v) is 7.95. The molecule has 3 rings (SSSR count). The molecule has 1 atom stereocenters. The van der Waals surface area contributed by atoms with E-state index in [2.05, 4.69) is 21.8 Å². The van der Waals surface area contributed by atoms with Crippen molar-refractivity contribution in [3.8, 4) is 16.9 Å². The highest BCUT2D eigenvalue weighted by Gasteiger charge is 2.42. The van der Waals surface area contributed by atoms with Crippen molar-refractivity contribution in [1.82, 2.24) is 20.4 Å². The number of carbonyl (C=O) groups is 1. The molecule has 133 valence electrons. The molecule has 1 aromatic carbocycles. The maximum absolute atomic E-state index is 13.1. The third kappa shape index (κ3) is 4.54. The molecule has 25 heavy (non-hydrogen) atoms. The van der Waals surface area contributed by atoms with E-state index in [4.69, 9.17) is 4.74 Å². The van der Waals surface area contributed by atoms with Crippen LogP contribution in [0.2, 0.25) is 0 Å². The van der Waals surface area contributed by atoms with Gasteiger partial charge in [-0.3, -0.25) is 14.8 Å². The minimum atomic E-state index is -2.82. The van der Waals surface area contributed by atoms with Crippen molar-refractivity contribution in [2.24, 2.45) is 7.05 Å². The topological polar surface area (TPSA) is 68.2 Å². The molecule has 1 fully saturated rings. The van der Waals surface area contributed by atoms with Crippen molar-refractivity contribution in [2.45, 2.75) is 18.4 Å². The smallest absolute Gasteiger partial charge is 0.262 e. The lowest BCUT2D eigenvalue weighted by Crippen LogP contribution is -2.41. The fourth-order valence-electron chi connectivity index (χ4n) is 2.64. The van der Waals surface area contributed by atoms with Crippen LogP contribution in [-0.2, 0) is 11.8 Å². The van der Waals surface area contributed by atoms with Crippen molar-refractivity contribution < 1.29 is 18.3 Å². The molecular weight excluding hydrogens is 330 g/mol. The molecule has 1 aliphatic heterocycles. The maximum atomic E-state index is 13.1. The Morgan fingerprint density at radius 3 is 3.04 bits per heavy atom. The number of carbonyl (C=O) groups excluding carboxylic acids is 1. The van der Waals surface area contributed by atoms with Gasteiger partial charge in [0.2, 0.25) is 5.91 Å². The standard InChI is InChI=1S/C17H19F2N4O2/c1-23-10-13(9-22-23)12-3-2-4-14(7-12)25-6-5-20-16(24)15-8-17(18,19)11-21-15/h3-4,7,9-10,15,21H,5-6,8,11H2,1H3,(H,20,24). The van der Waals surface area contributed by atoms with Crippen LogP contribution in [0.25, 0.3) is 11.1 Å². The average molecular weight is 349 g/mol. The second kappa shape index (κ2) is 7.18. The van der Waals surface area contributed by atoms with Crippen LogP contribution >= 0.6 is 0 Å². The van der Waals surface area contributed by atoms with Gasteiger partial charge in [0.25, 0.3) is 5.92 Å². The maximum Gasteiger partial charge on any atom is 0.262 e. The molecule has 1 aromatic heterocycles. The van der Waals surface area contributed by atoms with Gasteiger partial charge in [-0.25, -0.2) is 8.78 Å². The number of alkyl halides is 2. The van der Waals surface area contributed by atoms with Crippen LogP contribution in [0, 0.1) is 6.07 Å². The fraction of sp³-hybridized carbons (Fsp3) is 0.412. The molecule has 2 N–H and O–H groups in total. The van der Waals surface area contributed by atoms with E-state index in [1.165, 1.54) is 0 Å². The number of rotatable bonds is 6. The average Bonchev–Trinajstić information content (AvgIpc) is 3.17. The summed E-state index contributed by atoms with van der Waals surface area (Å²) < 4.78 is 33.4. The normalized spacial score (nSPS) is 18.9. The summed E-state index contributed by atoms with van der Waals surface area (Å²) in [5.41, 5.74) is 1.87. The minimum Gasteiger partial charge on any atom is -0.492 e. The minimum absolute atomic E-state index is 0.235. The zero-order valence-electron chi connectivity index (χ0n) is 13.8. The summed E-state index contributed by atoms with van der Waals surface area (Å²) >= 11 is 0. The van der Waals surface area contributed by atoms with Gasteiger partial charge < -0.3 is 10.1 Å². The van der Waals surface area contributed by atoms with Crippen LogP contribution in [0.15, 0.2) is 30.6 Å². The van der Waals surface area contributed by atoms with Gasteiger partial charge in [-0.1, -0.05) is 0 Å². The second-order valence-corrected chi connectivity index (χ2v) is 5.99. The van der Waals surface area contributed by atoms with E-state index in [0.717, 1.165) is 11.1 Å². The van der Waals surface area contributed by atoms with E-state index in [9.17, 15) is 13.6 Å². The summed E-state index contributed by atoms with van der Waals surface area (Å²) in [4.78, 5) is 11.8. The predicted molar refractivity (Wildman–Crippen MR) is 87.3 cm³/mol. The van der Waals surface area contributed by atoms with E-state index in [0.29, 0.717) is 5.75 Å². The Bertz CT molecular complexity index is 748. The lowest BCUT2D eigenvalue weighted by molar-refractivity contribution is -0.123. The summed E-state index contributed by atoms with van der Waals surface area (Å²) in [7, 11) is 1.84. The van der Waals surface area contributed by atoms with Crippen LogP contribution in [0.5, 0.6) is 5.75 Å². The Morgan fingerprint density at radius 1 is 1.52 bits per heavy atom. The largest absolute Gasteiger partial charge is 0.492 e. The number of hydrogen-bond acceptors (Lipinski definition) is 4. The number of aryl methyl sites for hydroxylation is 1. The molecule has 0 bridgehead atoms. The molecule has 0 saturated carbocycles. The highest BCUT2D eigenvalue weighted by atomic mass is 19.3. The number of ether oxygens (including phenoxy) is 1. The monoisotopic (exact) mass is 349 g/mol. The van der Waals surface area contributed by atoms with E-state index in [1.54, 1.807) is 16.9 Å². The van der Waals surface area contributed by atoms with Crippen LogP contribution in [-0.4, -0.2) is 47.3 Å². The van der Waals surface area contributed by atoms with Crippen LogP contribution in [0.1, 0.15) is 6.42 Å². The molecule has 2 aromatic rings. The first kappa shape index (κ1) is 17.3. The molecular formula is C17H19F2N4O2. The highest BCUT2D eigenvalue weighted by molar-refractivity contribution is 5.82. The SMILES string of the molecule is Cn1cc(-c2c[c]cc(OCCNC(=O)C3CC(F)(F)CN3)c2)cn1. The Hall–Kier alpha value is -2.48. The summed E-state index contributed by atoms with van der Waals surface area (Å²) in [5, 5.41) is 9.24. The molecule has 0 aliphatic carbocycles. The molecule has 1 unspecified atom stereocenters. The van der Waals surface area contributed by atoms with Gasteiger partial charge in [0.15, 0.2) is 0 Å². The molecule has 1 amide bonds. The number of halogens is 2. The zero-order valence-corrected chi connectivity index (χ0v) is 13.8. The molecule has 0 spiro atoms. The number of aromatic nitrogens is 2. The third-order valence-electron chi connectivity index (χ3n) is 3.90. The summed E-state index contributed by atoms with van der Waals surface area (Å²) in [6.07, 6.45) is 3.16. The van der Waals surface area contributed by atoms with Crippen molar-refractivity contribution in [2.75, 3.05) is 19.7 Å². The molecule has 2 heterocycles. The lowest BCUT2D eigenvalue weighted by atomic mass is 10.1. The molecule has 8 heteroatoms. The second-order valence-electron chi connectivity index (χ2n) is 5.99. The quantitative estimate of drug-likeness (QED) is 0.773. The zero-order chi connectivity index (χ0) is 17.9. The van der Waals surface area contributed by atoms with Crippen molar-refractivity contribution in [1.29, 1.82) is 0 Å². The molecule has 1 saturated heterocycles. The molecule has 1 aliphatic rings.